The number of alkyl carbamates (subject to hydrolysis) is 1. The number of nitrogens with zero attached hydrogens (tertiary/aromatic N) is 3. The second-order valence-corrected chi connectivity index (χ2v) is 13.0. The number of carbonyl (C=O) groups is 2. The summed E-state index contributed by atoms with van der Waals surface area (Å²) < 4.78 is 45.8. The number of hydrogen-bond acceptors (Lipinski definition) is 6. The van der Waals surface area contributed by atoms with Crippen LogP contribution < -0.4 is 10.6 Å². The van der Waals surface area contributed by atoms with E-state index in [4.69, 9.17) is 33.3 Å². The lowest BCUT2D eigenvalue weighted by Crippen LogP contribution is -2.49. The van der Waals surface area contributed by atoms with E-state index >= 15 is 0 Å². The van der Waals surface area contributed by atoms with E-state index in [2.05, 4.69) is 20.5 Å². The molecular formula is C29H30Cl2F3N7O3. The fourth-order valence-corrected chi connectivity index (χ4v) is 5.78. The molecule has 1 saturated carbocycles. The number of carbonyl (C=O) groups excluding carboxylic acids is 2. The molecule has 0 spiro atoms. The van der Waals surface area contributed by atoms with Crippen molar-refractivity contribution in [3.63, 3.8) is 0 Å². The van der Waals surface area contributed by atoms with Gasteiger partial charge in [0.2, 0.25) is 0 Å². The molecule has 15 heteroatoms. The molecule has 0 radical (unpaired) electrons. The number of benzene rings is 2. The highest BCUT2D eigenvalue weighted by atomic mass is 35.5. The molecule has 1 saturated heterocycles. The lowest BCUT2D eigenvalue weighted by molar-refractivity contribution is -0.164. The lowest BCUT2D eigenvalue weighted by atomic mass is 9.75. The summed E-state index contributed by atoms with van der Waals surface area (Å²) in [4.78, 5) is 32.5. The standard InChI is InChI=1S/C29H30Cl2F3N7O3/c1-26(2,3)14-28(17-5-7-18(30)8-6-17)23(42)41(24(35)38-28)21(13-44-25(43)39-27(10-11-27)29(32,33)34)16-4-9-20(31)19(12-16)22-36-15-37-40-22/h4-9,12,15,21H,10-11,13-14H2,1-3H3,(H2,35,38)(H,39,43)(H,36,37,40)/t21-,28-/m1/s1. The van der Waals surface area contributed by atoms with Gasteiger partial charge in [0.1, 0.15) is 24.0 Å². The predicted molar refractivity (Wildman–Crippen MR) is 157 cm³/mol. The Kier molecular flexibility index (Phi) is 8.08. The number of nitrogens with one attached hydrogen (secondary N) is 4. The van der Waals surface area contributed by atoms with Gasteiger partial charge in [-0.05, 0) is 60.1 Å². The second-order valence-electron chi connectivity index (χ2n) is 12.2. The number of alkyl halides is 3. The Morgan fingerprint density at radius 3 is 2.41 bits per heavy atom. The SMILES string of the molecule is CC(C)(C)C[C@]1(c2ccc(Cl)cc2)NC(=N)N([C@H](COC(=O)NC2(C(F)(F)F)CC2)c2ccc(Cl)c(-c3ncn[nH]3)c2)C1=O. The van der Waals surface area contributed by atoms with Gasteiger partial charge in [-0.2, -0.15) is 18.3 Å². The first-order valence-electron chi connectivity index (χ1n) is 13.7. The Bertz CT molecular complexity index is 1570. The molecule has 1 aliphatic heterocycles. The van der Waals surface area contributed by atoms with E-state index in [1.165, 1.54) is 6.33 Å². The molecule has 2 atom stereocenters. The van der Waals surface area contributed by atoms with Crippen molar-refractivity contribution >= 4 is 41.2 Å². The smallest absolute Gasteiger partial charge is 0.411 e. The van der Waals surface area contributed by atoms with Gasteiger partial charge in [0.05, 0.1) is 11.1 Å². The van der Waals surface area contributed by atoms with E-state index in [-0.39, 0.29) is 25.2 Å². The van der Waals surface area contributed by atoms with Gasteiger partial charge in [-0.25, -0.2) is 9.78 Å². The number of aromatic amines is 1. The molecule has 2 heterocycles. The molecule has 10 nitrogen and oxygen atoms in total. The first kappa shape index (κ1) is 31.6. The zero-order valence-corrected chi connectivity index (χ0v) is 25.5. The minimum atomic E-state index is -4.64. The van der Waals surface area contributed by atoms with Crippen molar-refractivity contribution in [3.05, 3.63) is 70.0 Å². The molecule has 1 aliphatic carbocycles. The summed E-state index contributed by atoms with van der Waals surface area (Å²) in [5, 5.41) is 21.3. The topological polar surface area (TPSA) is 136 Å². The maximum Gasteiger partial charge on any atom is 0.411 e. The van der Waals surface area contributed by atoms with Crippen LogP contribution in [0.5, 0.6) is 0 Å². The van der Waals surface area contributed by atoms with Crippen molar-refractivity contribution in [1.29, 1.82) is 5.41 Å². The molecule has 234 valence electrons. The van der Waals surface area contributed by atoms with E-state index in [1.54, 1.807) is 42.5 Å². The third-order valence-electron chi connectivity index (χ3n) is 7.65. The molecule has 44 heavy (non-hydrogen) atoms. The quantitative estimate of drug-likeness (QED) is 0.224. The van der Waals surface area contributed by atoms with E-state index in [1.807, 2.05) is 26.1 Å². The summed E-state index contributed by atoms with van der Waals surface area (Å²) in [6.07, 6.45) is -4.90. The number of H-pyrrole nitrogens is 1. The molecule has 2 amide bonds. The molecule has 4 N–H and O–H groups in total. The summed E-state index contributed by atoms with van der Waals surface area (Å²) >= 11 is 12.6. The number of hydrogen-bond donors (Lipinski definition) is 4. The highest BCUT2D eigenvalue weighted by Gasteiger charge is 2.64. The van der Waals surface area contributed by atoms with Crippen molar-refractivity contribution < 1.29 is 27.5 Å². The van der Waals surface area contributed by atoms with Gasteiger partial charge in [0, 0.05) is 10.6 Å². The Morgan fingerprint density at radius 1 is 1.16 bits per heavy atom. The van der Waals surface area contributed by atoms with Gasteiger partial charge in [-0.3, -0.25) is 20.2 Å². The summed E-state index contributed by atoms with van der Waals surface area (Å²) in [6, 6.07) is 10.3. The summed E-state index contributed by atoms with van der Waals surface area (Å²) in [5.74, 6) is -0.480. The van der Waals surface area contributed by atoms with Crippen LogP contribution in [0.2, 0.25) is 10.0 Å². The Balaban J connectivity index is 1.54. The normalized spacial score (nSPS) is 20.3. The average molecular weight is 653 g/mol. The van der Waals surface area contributed by atoms with Crippen LogP contribution in [0.1, 0.15) is 57.2 Å². The van der Waals surface area contributed by atoms with Crippen LogP contribution in [0.3, 0.4) is 0 Å². The summed E-state index contributed by atoms with van der Waals surface area (Å²) in [7, 11) is 0. The molecule has 1 aromatic heterocycles. The van der Waals surface area contributed by atoms with Crippen molar-refractivity contribution in [3.8, 4) is 11.4 Å². The maximum atomic E-state index is 14.5. The fraction of sp³-hybridized carbons (Fsp3) is 0.414. The summed E-state index contributed by atoms with van der Waals surface area (Å²) in [5.41, 5.74) is -2.78. The monoisotopic (exact) mass is 651 g/mol. The average Bonchev–Trinajstić information content (AvgIpc) is 3.43. The molecule has 3 aromatic rings. The highest BCUT2D eigenvalue weighted by Crippen LogP contribution is 2.49. The Hall–Kier alpha value is -3.84. The van der Waals surface area contributed by atoms with Crippen LogP contribution in [0.25, 0.3) is 11.4 Å². The molecule has 2 aromatic carbocycles. The van der Waals surface area contributed by atoms with Gasteiger partial charge < -0.3 is 15.4 Å². The minimum absolute atomic E-state index is 0.262. The number of rotatable bonds is 8. The third-order valence-corrected chi connectivity index (χ3v) is 8.23. The van der Waals surface area contributed by atoms with Crippen LogP contribution in [-0.4, -0.2) is 56.4 Å². The zero-order valence-electron chi connectivity index (χ0n) is 24.0. The van der Waals surface area contributed by atoms with Crippen LogP contribution in [0, 0.1) is 10.8 Å². The highest BCUT2D eigenvalue weighted by molar-refractivity contribution is 6.33. The molecule has 5 rings (SSSR count). The molecular weight excluding hydrogens is 622 g/mol. The largest absolute Gasteiger partial charge is 0.447 e. The number of aromatic nitrogens is 3. The predicted octanol–water partition coefficient (Wildman–Crippen LogP) is 6.34. The first-order valence-corrected chi connectivity index (χ1v) is 14.4. The van der Waals surface area contributed by atoms with Gasteiger partial charge in [0.15, 0.2) is 11.8 Å². The summed E-state index contributed by atoms with van der Waals surface area (Å²) in [6.45, 7) is 5.29. The van der Waals surface area contributed by atoms with Gasteiger partial charge in [0.25, 0.3) is 5.91 Å². The first-order chi connectivity index (χ1) is 20.6. The molecule has 0 unspecified atom stereocenters. The van der Waals surface area contributed by atoms with Gasteiger partial charge >= 0.3 is 12.3 Å². The fourth-order valence-electron chi connectivity index (χ4n) is 5.44. The molecule has 2 aliphatic rings. The third kappa shape index (κ3) is 6.07. The van der Waals surface area contributed by atoms with Crippen LogP contribution in [-0.2, 0) is 15.1 Å². The van der Waals surface area contributed by atoms with E-state index < -0.39 is 47.3 Å². The van der Waals surface area contributed by atoms with E-state index in [9.17, 15) is 22.8 Å². The van der Waals surface area contributed by atoms with E-state index in [0.29, 0.717) is 32.6 Å². The molecule has 0 bridgehead atoms. The van der Waals surface area contributed by atoms with Gasteiger partial charge in [-0.1, -0.05) is 62.2 Å². The van der Waals surface area contributed by atoms with Crippen molar-refractivity contribution in [1.82, 2.24) is 30.7 Å². The van der Waals surface area contributed by atoms with Crippen LogP contribution in [0.15, 0.2) is 48.8 Å². The molecule has 2 fully saturated rings. The number of ether oxygens (including phenoxy) is 1. The van der Waals surface area contributed by atoms with Crippen LogP contribution in [0.4, 0.5) is 18.0 Å². The lowest BCUT2D eigenvalue weighted by Gasteiger charge is -2.35. The maximum absolute atomic E-state index is 14.5. The Morgan fingerprint density at radius 2 is 1.84 bits per heavy atom. The zero-order chi connectivity index (χ0) is 32.1. The Labute approximate surface area is 261 Å². The number of halogens is 5. The van der Waals surface area contributed by atoms with Crippen molar-refractivity contribution in [2.24, 2.45) is 5.41 Å². The number of guanidine groups is 1. The second kappa shape index (κ2) is 11.3. The van der Waals surface area contributed by atoms with Crippen LogP contribution >= 0.6 is 23.2 Å². The number of amides is 2. The van der Waals surface area contributed by atoms with E-state index in [0.717, 1.165) is 4.90 Å². The minimum Gasteiger partial charge on any atom is -0.447 e. The van der Waals surface area contributed by atoms with Gasteiger partial charge in [-0.15, -0.1) is 0 Å². The van der Waals surface area contributed by atoms with Crippen molar-refractivity contribution in [2.45, 2.75) is 63.3 Å². The van der Waals surface area contributed by atoms with Crippen molar-refractivity contribution in [2.75, 3.05) is 6.61 Å².